The van der Waals surface area contributed by atoms with Gasteiger partial charge in [0.1, 0.15) is 0 Å². The summed E-state index contributed by atoms with van der Waals surface area (Å²) in [6, 6.07) is 9.13. The molecule has 0 heterocycles. The molecule has 6 heteroatoms. The van der Waals surface area contributed by atoms with Crippen LogP contribution in [0.5, 0.6) is 28.7 Å². The quantitative estimate of drug-likeness (QED) is 0.774. The molecular weight excluding hydrogens is 310 g/mol. The molecule has 0 aliphatic carbocycles. The Bertz CT molecular complexity index is 662. The second-order valence-electron chi connectivity index (χ2n) is 5.14. The molecule has 0 amide bonds. The lowest BCUT2D eigenvalue weighted by Gasteiger charge is -2.14. The minimum atomic E-state index is 0.129. The van der Waals surface area contributed by atoms with Crippen LogP contribution in [-0.4, -0.2) is 33.5 Å². The maximum absolute atomic E-state index is 9.80. The Kier molecular flexibility index (Phi) is 6.14. The first-order valence-corrected chi connectivity index (χ1v) is 7.48. The number of phenols is 1. The molecule has 0 unspecified atom stereocenters. The molecule has 0 atom stereocenters. The van der Waals surface area contributed by atoms with E-state index in [2.05, 4.69) is 5.32 Å². The van der Waals surface area contributed by atoms with E-state index >= 15 is 0 Å². The number of phenolic OH excluding ortho intramolecular Hbond substituents is 1. The maximum Gasteiger partial charge on any atom is 0.203 e. The van der Waals surface area contributed by atoms with Gasteiger partial charge in [0.25, 0.3) is 0 Å². The van der Waals surface area contributed by atoms with Crippen molar-refractivity contribution in [1.82, 2.24) is 5.32 Å². The first kappa shape index (κ1) is 17.7. The van der Waals surface area contributed by atoms with Gasteiger partial charge in [-0.3, -0.25) is 0 Å². The average Bonchev–Trinajstić information content (AvgIpc) is 2.60. The van der Waals surface area contributed by atoms with Crippen LogP contribution in [0.15, 0.2) is 30.3 Å². The molecular formula is C18H23NO5. The monoisotopic (exact) mass is 333 g/mol. The molecule has 0 radical (unpaired) electrons. The molecule has 0 aliphatic rings. The van der Waals surface area contributed by atoms with E-state index in [1.54, 1.807) is 33.5 Å². The first-order chi connectivity index (χ1) is 11.6. The van der Waals surface area contributed by atoms with E-state index in [4.69, 9.17) is 18.9 Å². The second-order valence-corrected chi connectivity index (χ2v) is 5.14. The van der Waals surface area contributed by atoms with Crippen LogP contribution in [0.3, 0.4) is 0 Å². The summed E-state index contributed by atoms with van der Waals surface area (Å²) < 4.78 is 21.0. The normalized spacial score (nSPS) is 10.3. The Labute approximate surface area is 141 Å². The third-order valence-corrected chi connectivity index (χ3v) is 3.63. The zero-order chi connectivity index (χ0) is 17.5. The standard InChI is InChI=1S/C18H23NO5/c1-21-15-6-5-12(7-14(15)20)10-19-11-13-8-16(22-2)18(24-4)17(9-13)23-3/h5-9,19-20H,10-11H2,1-4H3. The van der Waals surface area contributed by atoms with Gasteiger partial charge in [0.2, 0.25) is 5.75 Å². The average molecular weight is 333 g/mol. The van der Waals surface area contributed by atoms with Crippen LogP contribution >= 0.6 is 0 Å². The fraction of sp³-hybridized carbons (Fsp3) is 0.333. The molecule has 0 aliphatic heterocycles. The lowest BCUT2D eigenvalue weighted by Crippen LogP contribution is -2.13. The van der Waals surface area contributed by atoms with Crippen LogP contribution in [0.1, 0.15) is 11.1 Å². The van der Waals surface area contributed by atoms with Crippen LogP contribution in [0, 0.1) is 0 Å². The molecule has 6 nitrogen and oxygen atoms in total. The van der Waals surface area contributed by atoms with Crippen molar-refractivity contribution in [3.8, 4) is 28.7 Å². The summed E-state index contributed by atoms with van der Waals surface area (Å²) in [5.74, 6) is 2.41. The van der Waals surface area contributed by atoms with Crippen molar-refractivity contribution in [2.45, 2.75) is 13.1 Å². The number of aromatic hydroxyl groups is 1. The van der Waals surface area contributed by atoms with E-state index < -0.39 is 0 Å². The van der Waals surface area contributed by atoms with Crippen molar-refractivity contribution in [1.29, 1.82) is 0 Å². The van der Waals surface area contributed by atoms with Gasteiger partial charge in [-0.1, -0.05) is 6.07 Å². The van der Waals surface area contributed by atoms with E-state index in [-0.39, 0.29) is 5.75 Å². The molecule has 0 bridgehead atoms. The number of hydrogen-bond acceptors (Lipinski definition) is 6. The summed E-state index contributed by atoms with van der Waals surface area (Å²) in [6.07, 6.45) is 0. The van der Waals surface area contributed by atoms with Gasteiger partial charge in [0.05, 0.1) is 28.4 Å². The van der Waals surface area contributed by atoms with Gasteiger partial charge in [-0.05, 0) is 35.4 Å². The van der Waals surface area contributed by atoms with Gasteiger partial charge in [0.15, 0.2) is 23.0 Å². The summed E-state index contributed by atoms with van der Waals surface area (Å²) in [6.45, 7) is 1.22. The van der Waals surface area contributed by atoms with Gasteiger partial charge in [-0.25, -0.2) is 0 Å². The number of benzene rings is 2. The Balaban J connectivity index is 2.05. The molecule has 24 heavy (non-hydrogen) atoms. The van der Waals surface area contributed by atoms with Crippen molar-refractivity contribution >= 4 is 0 Å². The largest absolute Gasteiger partial charge is 0.504 e. The third-order valence-electron chi connectivity index (χ3n) is 3.63. The zero-order valence-electron chi connectivity index (χ0n) is 14.4. The fourth-order valence-electron chi connectivity index (χ4n) is 2.43. The van der Waals surface area contributed by atoms with E-state index in [0.29, 0.717) is 36.1 Å². The molecule has 0 spiro atoms. The van der Waals surface area contributed by atoms with E-state index in [0.717, 1.165) is 11.1 Å². The van der Waals surface area contributed by atoms with Crippen LogP contribution in [0.2, 0.25) is 0 Å². The summed E-state index contributed by atoms with van der Waals surface area (Å²) in [5, 5.41) is 13.1. The summed E-state index contributed by atoms with van der Waals surface area (Å²) in [5.41, 5.74) is 1.96. The SMILES string of the molecule is COc1ccc(CNCc2cc(OC)c(OC)c(OC)c2)cc1O. The predicted octanol–water partition coefficient (Wildman–Crippen LogP) is 2.72. The highest BCUT2D eigenvalue weighted by Gasteiger charge is 2.13. The highest BCUT2D eigenvalue weighted by molar-refractivity contribution is 5.53. The van der Waals surface area contributed by atoms with Gasteiger partial charge in [-0.15, -0.1) is 0 Å². The fourth-order valence-corrected chi connectivity index (χ4v) is 2.43. The van der Waals surface area contributed by atoms with Crippen molar-refractivity contribution in [2.75, 3.05) is 28.4 Å². The molecule has 2 aromatic carbocycles. The van der Waals surface area contributed by atoms with Crippen molar-refractivity contribution in [3.63, 3.8) is 0 Å². The van der Waals surface area contributed by atoms with Crippen LogP contribution in [0.4, 0.5) is 0 Å². The Hall–Kier alpha value is -2.60. The molecule has 0 saturated heterocycles. The Morgan fingerprint density at radius 3 is 1.83 bits per heavy atom. The molecule has 0 fully saturated rings. The Morgan fingerprint density at radius 1 is 0.750 bits per heavy atom. The highest BCUT2D eigenvalue weighted by Crippen LogP contribution is 2.38. The zero-order valence-corrected chi connectivity index (χ0v) is 14.4. The summed E-state index contributed by atoms with van der Waals surface area (Å²) in [4.78, 5) is 0. The number of methoxy groups -OCH3 is 4. The highest BCUT2D eigenvalue weighted by atomic mass is 16.5. The topological polar surface area (TPSA) is 69.2 Å². The van der Waals surface area contributed by atoms with Crippen LogP contribution < -0.4 is 24.3 Å². The second kappa shape index (κ2) is 8.31. The summed E-state index contributed by atoms with van der Waals surface area (Å²) in [7, 11) is 6.29. The maximum atomic E-state index is 9.80. The molecule has 130 valence electrons. The van der Waals surface area contributed by atoms with E-state index in [1.165, 1.54) is 7.11 Å². The van der Waals surface area contributed by atoms with Gasteiger partial charge >= 0.3 is 0 Å². The van der Waals surface area contributed by atoms with E-state index in [9.17, 15) is 5.11 Å². The van der Waals surface area contributed by atoms with Crippen molar-refractivity contribution < 1.29 is 24.1 Å². The minimum absolute atomic E-state index is 0.129. The summed E-state index contributed by atoms with van der Waals surface area (Å²) >= 11 is 0. The van der Waals surface area contributed by atoms with Crippen molar-refractivity contribution in [3.05, 3.63) is 41.5 Å². The molecule has 2 N–H and O–H groups in total. The molecule has 2 rings (SSSR count). The van der Waals surface area contributed by atoms with Crippen LogP contribution in [-0.2, 0) is 13.1 Å². The van der Waals surface area contributed by atoms with Gasteiger partial charge in [-0.2, -0.15) is 0 Å². The number of rotatable bonds is 8. The number of ether oxygens (including phenoxy) is 4. The number of hydrogen-bond donors (Lipinski definition) is 2. The number of nitrogens with one attached hydrogen (secondary N) is 1. The van der Waals surface area contributed by atoms with E-state index in [1.807, 2.05) is 18.2 Å². The lowest BCUT2D eigenvalue weighted by molar-refractivity contribution is 0.323. The first-order valence-electron chi connectivity index (χ1n) is 7.48. The van der Waals surface area contributed by atoms with Crippen molar-refractivity contribution in [2.24, 2.45) is 0 Å². The third kappa shape index (κ3) is 4.02. The molecule has 2 aromatic rings. The van der Waals surface area contributed by atoms with Gasteiger partial charge in [0, 0.05) is 13.1 Å². The molecule has 0 saturated carbocycles. The molecule has 0 aromatic heterocycles. The minimum Gasteiger partial charge on any atom is -0.504 e. The predicted molar refractivity (Wildman–Crippen MR) is 91.3 cm³/mol. The van der Waals surface area contributed by atoms with Gasteiger partial charge < -0.3 is 29.4 Å². The van der Waals surface area contributed by atoms with Crippen LogP contribution in [0.25, 0.3) is 0 Å². The lowest BCUT2D eigenvalue weighted by atomic mass is 10.1. The smallest absolute Gasteiger partial charge is 0.203 e. The Morgan fingerprint density at radius 2 is 1.33 bits per heavy atom.